The third-order valence-corrected chi connectivity index (χ3v) is 13.3. The van der Waals surface area contributed by atoms with Crippen LogP contribution < -0.4 is 34.6 Å². The zero-order chi connectivity index (χ0) is 49.4. The van der Waals surface area contributed by atoms with Gasteiger partial charge in [-0.05, 0) is 96.0 Å². The van der Waals surface area contributed by atoms with Gasteiger partial charge in [0.15, 0.2) is 17.3 Å². The molecule has 4 aliphatic heterocycles. The van der Waals surface area contributed by atoms with Gasteiger partial charge in [-0.1, -0.05) is 64.1 Å². The molecule has 0 bridgehead atoms. The van der Waals surface area contributed by atoms with Crippen molar-refractivity contribution < 1.29 is 38.2 Å². The summed E-state index contributed by atoms with van der Waals surface area (Å²) < 4.78 is 18.7. The molecule has 360 valence electrons. The van der Waals surface area contributed by atoms with E-state index >= 15 is 0 Å². The highest BCUT2D eigenvalue weighted by Gasteiger charge is 2.38. The molecule has 4 aliphatic rings. The molecule has 70 heavy (non-hydrogen) atoms. The minimum Gasteiger partial charge on any atom is -0.493 e. The Balaban J connectivity index is 0.943. The van der Waals surface area contributed by atoms with Crippen LogP contribution in [0.2, 0.25) is 0 Å². The molecule has 0 aromatic heterocycles. The van der Waals surface area contributed by atoms with Crippen molar-refractivity contribution in [3.63, 3.8) is 0 Å². The van der Waals surface area contributed by atoms with Crippen LogP contribution in [0.4, 0.5) is 28.4 Å². The van der Waals surface area contributed by atoms with E-state index < -0.39 is 12.0 Å². The number of aliphatic imine (C=N–C) groups is 2. The van der Waals surface area contributed by atoms with E-state index in [0.29, 0.717) is 82.2 Å². The fraction of sp³-hybridized carbons (Fsp3) is 0.339. The number of anilines is 3. The van der Waals surface area contributed by atoms with Crippen LogP contribution in [0, 0.1) is 18.3 Å². The van der Waals surface area contributed by atoms with Crippen molar-refractivity contribution in [2.24, 2.45) is 21.3 Å². The van der Waals surface area contributed by atoms with Crippen LogP contribution in [-0.4, -0.2) is 67.1 Å². The second-order valence-corrected chi connectivity index (χ2v) is 19.9. The summed E-state index contributed by atoms with van der Waals surface area (Å²) in [5.74, 6) is -0.585. The molecular weight excluding hydrogens is 885 g/mol. The van der Waals surface area contributed by atoms with Crippen LogP contribution >= 0.6 is 0 Å². The molecule has 4 atom stereocenters. The number of carbonyl (C=O) groups excluding carboxylic acids is 5. The Morgan fingerprint density at radius 2 is 1.27 bits per heavy atom. The molecule has 9 rings (SSSR count). The smallest absolute Gasteiger partial charge is 0.261 e. The minimum atomic E-state index is -0.747. The number of amides is 4. The summed E-state index contributed by atoms with van der Waals surface area (Å²) >= 11 is 0. The van der Waals surface area contributed by atoms with E-state index in [1.165, 1.54) is 7.11 Å². The maximum absolute atomic E-state index is 14.1. The Labute approximate surface area is 408 Å². The van der Waals surface area contributed by atoms with E-state index in [0.717, 1.165) is 28.1 Å². The molecule has 0 saturated heterocycles. The molecule has 0 saturated carbocycles. The summed E-state index contributed by atoms with van der Waals surface area (Å²) in [7, 11) is 1.51. The van der Waals surface area contributed by atoms with Gasteiger partial charge in [0.05, 0.1) is 47.7 Å². The van der Waals surface area contributed by atoms with Crippen LogP contribution in [0.1, 0.15) is 102 Å². The number of fused-ring (bicyclic) bond motifs is 8. The van der Waals surface area contributed by atoms with Crippen molar-refractivity contribution >= 4 is 70.3 Å². The number of aryl methyl sites for hydroxylation is 1. The van der Waals surface area contributed by atoms with Gasteiger partial charge in [0.1, 0.15) is 19.0 Å². The van der Waals surface area contributed by atoms with Crippen molar-refractivity contribution in [1.29, 1.82) is 0 Å². The SMILES string of the molecule is COc1cc2c(cc1OCc1cc(COc3cc4c(cc3C)C(=O)N3c5ccccc5C[C@H]3C=N4)cc(NC(=O)[C@@H](C)CC(=O)[C@H](C)NC(=O)CCC(C)(C)C)c1)N=C[C@@H]1Cc3ccccc3N1C2=O. The molecule has 2 N–H and O–H groups in total. The number of nitrogens with zero attached hydrogens (tertiary/aromatic N) is 4. The first-order chi connectivity index (χ1) is 33.5. The first-order valence-electron chi connectivity index (χ1n) is 23.8. The van der Waals surface area contributed by atoms with Gasteiger partial charge in [-0.25, -0.2) is 0 Å². The van der Waals surface area contributed by atoms with Crippen LogP contribution in [0.5, 0.6) is 17.2 Å². The maximum Gasteiger partial charge on any atom is 0.261 e. The summed E-state index contributed by atoms with van der Waals surface area (Å²) in [6.07, 6.45) is 5.89. The number of methoxy groups -OCH3 is 1. The van der Waals surface area contributed by atoms with Crippen molar-refractivity contribution in [2.45, 2.75) is 105 Å². The van der Waals surface area contributed by atoms with Gasteiger partial charge in [-0.15, -0.1) is 0 Å². The van der Waals surface area contributed by atoms with Crippen LogP contribution in [-0.2, 0) is 40.4 Å². The second kappa shape index (κ2) is 19.4. The zero-order valence-electron chi connectivity index (χ0n) is 40.6. The molecule has 4 amide bonds. The third kappa shape index (κ3) is 9.94. The molecule has 0 radical (unpaired) electrons. The maximum atomic E-state index is 14.1. The highest BCUT2D eigenvalue weighted by molar-refractivity contribution is 6.16. The Bertz CT molecular complexity index is 2990. The largest absolute Gasteiger partial charge is 0.493 e. The first-order valence-corrected chi connectivity index (χ1v) is 23.8. The standard InChI is InChI=1S/C56H58N6O8/c1-32-18-42-44(57-28-40-23-37-12-8-10-14-46(37)61(40)54(42)66)26-49(32)69-30-35-20-36(22-39(21-35)60-53(65)33(2)19-48(63)34(3)59-52(64)16-17-56(4,5)6)31-70-51-27-45-43(25-50(51)68-7)55(67)62-41(29-58-45)24-38-13-9-11-15-47(38)62/h8-15,18,20-22,25-29,33-34,40-41H,16-17,19,23-24,30-31H2,1-7H3,(H,59,64)(H,60,65)/t33-,34-,40-,41-/m0/s1. The summed E-state index contributed by atoms with van der Waals surface area (Å²) in [5, 5.41) is 5.78. The molecule has 14 heteroatoms. The van der Waals surface area contributed by atoms with Crippen molar-refractivity contribution in [1.82, 2.24) is 5.32 Å². The highest BCUT2D eigenvalue weighted by Crippen LogP contribution is 2.42. The number of carbonyl (C=O) groups is 5. The van der Waals surface area contributed by atoms with Crippen LogP contribution in [0.3, 0.4) is 0 Å². The molecule has 5 aromatic rings. The average Bonchev–Trinajstić information content (AvgIpc) is 3.83. The topological polar surface area (TPSA) is 168 Å². The highest BCUT2D eigenvalue weighted by atomic mass is 16.5. The molecule has 4 heterocycles. The third-order valence-electron chi connectivity index (χ3n) is 13.3. The van der Waals surface area contributed by atoms with Gasteiger partial charge in [0.25, 0.3) is 11.8 Å². The number of ether oxygens (including phenoxy) is 3. The van der Waals surface area contributed by atoms with Gasteiger partial charge >= 0.3 is 0 Å². The predicted molar refractivity (Wildman–Crippen MR) is 271 cm³/mol. The summed E-state index contributed by atoms with van der Waals surface area (Å²) in [6.45, 7) is 11.5. The lowest BCUT2D eigenvalue weighted by molar-refractivity contribution is -0.129. The number of nitrogens with one attached hydrogen (secondary N) is 2. The number of hydrogen-bond acceptors (Lipinski definition) is 10. The van der Waals surface area contributed by atoms with Crippen LogP contribution in [0.15, 0.2) is 101 Å². The van der Waals surface area contributed by atoms with Crippen molar-refractivity contribution in [3.05, 3.63) is 130 Å². The lowest BCUT2D eigenvalue weighted by Gasteiger charge is -2.22. The van der Waals surface area contributed by atoms with E-state index in [2.05, 4.69) is 31.4 Å². The number of rotatable bonds is 15. The summed E-state index contributed by atoms with van der Waals surface area (Å²) in [5.41, 5.74) is 8.35. The Morgan fingerprint density at radius 1 is 0.729 bits per heavy atom. The van der Waals surface area contributed by atoms with E-state index in [1.54, 1.807) is 55.3 Å². The number of Topliss-reactive ketones (excluding diaryl/α,β-unsaturated/α-hetero) is 1. The molecule has 14 nitrogen and oxygen atoms in total. The number of benzene rings is 5. The monoisotopic (exact) mass is 942 g/mol. The van der Waals surface area contributed by atoms with Crippen molar-refractivity contribution in [3.8, 4) is 17.2 Å². The van der Waals surface area contributed by atoms with E-state index in [9.17, 15) is 24.0 Å². The Kier molecular flexibility index (Phi) is 13.2. The fourth-order valence-electron chi connectivity index (χ4n) is 9.43. The van der Waals surface area contributed by atoms with Gasteiger partial charge in [-0.3, -0.25) is 43.8 Å². The summed E-state index contributed by atoms with van der Waals surface area (Å²) in [4.78, 5) is 80.7. The van der Waals surface area contributed by atoms with Gasteiger partial charge in [0, 0.05) is 73.2 Å². The van der Waals surface area contributed by atoms with Gasteiger partial charge in [-0.2, -0.15) is 0 Å². The minimum absolute atomic E-state index is 0.0220. The predicted octanol–water partition coefficient (Wildman–Crippen LogP) is 9.60. The number of para-hydroxylation sites is 2. The molecular formula is C56H58N6O8. The molecule has 0 unspecified atom stereocenters. The summed E-state index contributed by atoms with van der Waals surface area (Å²) in [6, 6.07) is 27.1. The van der Waals surface area contributed by atoms with Gasteiger partial charge < -0.3 is 24.8 Å². The van der Waals surface area contributed by atoms with Gasteiger partial charge in [0.2, 0.25) is 11.8 Å². The fourth-order valence-corrected chi connectivity index (χ4v) is 9.43. The Hall–Kier alpha value is -7.61. The lowest BCUT2D eigenvalue weighted by Crippen LogP contribution is -2.40. The zero-order valence-corrected chi connectivity index (χ0v) is 40.6. The van der Waals surface area contributed by atoms with Crippen LogP contribution in [0.25, 0.3) is 0 Å². The number of ketones is 1. The number of hydrogen-bond donors (Lipinski definition) is 2. The molecule has 0 aliphatic carbocycles. The molecule has 5 aromatic carbocycles. The lowest BCUT2D eigenvalue weighted by atomic mass is 9.90. The van der Waals surface area contributed by atoms with E-state index in [-0.39, 0.29) is 66.5 Å². The normalized spacial score (nSPS) is 17.2. The Morgan fingerprint density at radius 3 is 1.84 bits per heavy atom. The second-order valence-electron chi connectivity index (χ2n) is 19.9. The van der Waals surface area contributed by atoms with E-state index in [4.69, 9.17) is 24.2 Å². The average molecular weight is 943 g/mol. The molecule has 0 fully saturated rings. The van der Waals surface area contributed by atoms with E-state index in [1.807, 2.05) is 78.7 Å². The molecule has 0 spiro atoms. The van der Waals surface area contributed by atoms with Crippen molar-refractivity contribution in [2.75, 3.05) is 22.2 Å². The first kappa shape index (κ1) is 47.5. The quantitative estimate of drug-likeness (QED) is 0.105.